The first kappa shape index (κ1) is 18.7. The van der Waals surface area contributed by atoms with Crippen molar-refractivity contribution in [2.75, 3.05) is 6.54 Å². The number of hydrogen-bond acceptors (Lipinski definition) is 4. The lowest BCUT2D eigenvalue weighted by molar-refractivity contribution is -0.132. The molecule has 0 aliphatic rings. The zero-order valence-electron chi connectivity index (χ0n) is 14.4. The molecule has 0 radical (unpaired) electrons. The smallest absolute Gasteiger partial charge is 0.225 e. The maximum Gasteiger partial charge on any atom is 0.225 e. The second-order valence-electron chi connectivity index (χ2n) is 6.66. The summed E-state index contributed by atoms with van der Waals surface area (Å²) in [5.41, 5.74) is -0.434. The summed E-state index contributed by atoms with van der Waals surface area (Å²) in [7, 11) is 0. The Hall–Kier alpha value is -1.66. The van der Waals surface area contributed by atoms with Crippen LogP contribution in [0.5, 0.6) is 0 Å². The summed E-state index contributed by atoms with van der Waals surface area (Å²) >= 11 is 3.31. The third-order valence-electron chi connectivity index (χ3n) is 3.51. The van der Waals surface area contributed by atoms with Crippen LogP contribution in [0, 0.1) is 5.41 Å². The van der Waals surface area contributed by atoms with Crippen molar-refractivity contribution in [3.63, 3.8) is 0 Å². The summed E-state index contributed by atoms with van der Waals surface area (Å²) in [4.78, 5) is 28.7. The van der Waals surface area contributed by atoms with E-state index in [2.05, 4.69) is 5.32 Å². The molecule has 6 heteroatoms. The second-order valence-corrected chi connectivity index (χ2v) is 8.73. The number of nitrogens with zero attached hydrogens (tertiary/aromatic N) is 1. The Morgan fingerprint density at radius 2 is 1.58 bits per heavy atom. The number of rotatable bonds is 7. The Morgan fingerprint density at radius 1 is 1.04 bits per heavy atom. The normalized spacial score (nSPS) is 11.3. The number of hydrogen-bond donors (Lipinski definition) is 1. The number of carbonyl (C=O) groups is 2. The molecule has 2 heterocycles. The van der Waals surface area contributed by atoms with Crippen molar-refractivity contribution in [3.8, 4) is 0 Å². The Bertz CT molecular complexity index is 607. The van der Waals surface area contributed by atoms with E-state index in [0.29, 0.717) is 26.1 Å². The summed E-state index contributed by atoms with van der Waals surface area (Å²) in [6.45, 7) is 7.20. The average molecular weight is 365 g/mol. The fourth-order valence-corrected chi connectivity index (χ4v) is 3.56. The topological polar surface area (TPSA) is 49.4 Å². The molecule has 0 unspecified atom stereocenters. The molecule has 0 atom stereocenters. The third-order valence-corrected chi connectivity index (χ3v) is 5.23. The highest BCUT2D eigenvalue weighted by Crippen LogP contribution is 2.18. The minimum Gasteiger partial charge on any atom is -0.355 e. The lowest BCUT2D eigenvalue weighted by Crippen LogP contribution is -2.38. The molecule has 0 aromatic carbocycles. The molecule has 0 aliphatic carbocycles. The van der Waals surface area contributed by atoms with Gasteiger partial charge in [-0.1, -0.05) is 32.9 Å². The van der Waals surface area contributed by atoms with E-state index in [0.717, 1.165) is 0 Å². The molecule has 2 amide bonds. The Balaban J connectivity index is 1.92. The predicted octanol–water partition coefficient (Wildman–Crippen LogP) is 3.89. The second kappa shape index (κ2) is 8.44. The molecule has 2 rings (SSSR count). The van der Waals surface area contributed by atoms with E-state index in [1.165, 1.54) is 9.75 Å². The molecule has 2 aromatic rings. The van der Waals surface area contributed by atoms with Gasteiger partial charge in [0.05, 0.1) is 13.1 Å². The van der Waals surface area contributed by atoms with Crippen LogP contribution >= 0.6 is 22.7 Å². The minimum absolute atomic E-state index is 0.0293. The van der Waals surface area contributed by atoms with Crippen molar-refractivity contribution >= 4 is 34.5 Å². The number of amides is 2. The van der Waals surface area contributed by atoms with Gasteiger partial charge in [0.1, 0.15) is 0 Å². The van der Waals surface area contributed by atoms with Gasteiger partial charge in [-0.15, -0.1) is 22.7 Å². The van der Waals surface area contributed by atoms with Crippen molar-refractivity contribution in [3.05, 3.63) is 44.8 Å². The molecule has 2 aromatic heterocycles. The molecule has 130 valence electrons. The van der Waals surface area contributed by atoms with E-state index in [4.69, 9.17) is 0 Å². The van der Waals surface area contributed by atoms with Crippen LogP contribution in [0.4, 0.5) is 0 Å². The molecule has 24 heavy (non-hydrogen) atoms. The lowest BCUT2D eigenvalue weighted by Gasteiger charge is -2.22. The Morgan fingerprint density at radius 3 is 2.00 bits per heavy atom. The fourth-order valence-electron chi connectivity index (χ4n) is 2.12. The average Bonchev–Trinajstić information content (AvgIpc) is 3.18. The van der Waals surface area contributed by atoms with Crippen molar-refractivity contribution in [1.82, 2.24) is 10.2 Å². The van der Waals surface area contributed by atoms with Gasteiger partial charge < -0.3 is 10.2 Å². The van der Waals surface area contributed by atoms with Gasteiger partial charge in [-0.3, -0.25) is 9.59 Å². The van der Waals surface area contributed by atoms with Gasteiger partial charge >= 0.3 is 0 Å². The van der Waals surface area contributed by atoms with Crippen LogP contribution in [0.25, 0.3) is 0 Å². The zero-order valence-corrected chi connectivity index (χ0v) is 16.0. The molecule has 0 saturated carbocycles. The first-order valence-electron chi connectivity index (χ1n) is 7.97. The van der Waals surface area contributed by atoms with E-state index in [1.807, 2.05) is 60.7 Å². The van der Waals surface area contributed by atoms with Gasteiger partial charge in [0.2, 0.25) is 11.8 Å². The molecular weight excluding hydrogens is 340 g/mol. The molecule has 0 fully saturated rings. The van der Waals surface area contributed by atoms with E-state index >= 15 is 0 Å². The molecule has 1 N–H and O–H groups in total. The SMILES string of the molecule is CC(C)(C)C(=O)NCCC(=O)N(Cc1cccs1)Cc1cccs1. The van der Waals surface area contributed by atoms with Gasteiger partial charge in [-0.05, 0) is 22.9 Å². The zero-order chi connectivity index (χ0) is 17.6. The van der Waals surface area contributed by atoms with E-state index in [9.17, 15) is 9.59 Å². The Labute approximate surface area is 151 Å². The summed E-state index contributed by atoms with van der Waals surface area (Å²) in [5.74, 6) is 0.0318. The van der Waals surface area contributed by atoms with Crippen molar-refractivity contribution in [2.45, 2.75) is 40.3 Å². The monoisotopic (exact) mass is 364 g/mol. The van der Waals surface area contributed by atoms with Crippen molar-refractivity contribution in [1.29, 1.82) is 0 Å². The van der Waals surface area contributed by atoms with Crippen LogP contribution < -0.4 is 5.32 Å². The standard InChI is InChI=1S/C18H24N2O2S2/c1-18(2,3)17(22)19-9-8-16(21)20(12-14-6-4-10-23-14)13-15-7-5-11-24-15/h4-7,10-11H,8-9,12-13H2,1-3H3,(H,19,22). The predicted molar refractivity (Wildman–Crippen MR) is 100.0 cm³/mol. The van der Waals surface area contributed by atoms with Crippen LogP contribution in [0.1, 0.15) is 36.9 Å². The largest absolute Gasteiger partial charge is 0.355 e. The molecule has 4 nitrogen and oxygen atoms in total. The molecular formula is C18H24N2O2S2. The van der Waals surface area contributed by atoms with Crippen molar-refractivity contribution < 1.29 is 9.59 Å². The first-order chi connectivity index (χ1) is 11.4. The molecule has 0 spiro atoms. The van der Waals surface area contributed by atoms with Crippen LogP contribution in [0.2, 0.25) is 0 Å². The number of nitrogens with one attached hydrogen (secondary N) is 1. The molecule has 0 aliphatic heterocycles. The minimum atomic E-state index is -0.434. The lowest BCUT2D eigenvalue weighted by atomic mass is 9.96. The van der Waals surface area contributed by atoms with Gasteiger partial charge in [-0.2, -0.15) is 0 Å². The number of thiophene rings is 2. The van der Waals surface area contributed by atoms with Crippen LogP contribution in [0.3, 0.4) is 0 Å². The van der Waals surface area contributed by atoms with Gasteiger partial charge in [-0.25, -0.2) is 0 Å². The van der Waals surface area contributed by atoms with E-state index in [-0.39, 0.29) is 11.8 Å². The highest BCUT2D eigenvalue weighted by Gasteiger charge is 2.21. The maximum absolute atomic E-state index is 12.6. The van der Waals surface area contributed by atoms with Crippen LogP contribution in [-0.2, 0) is 22.7 Å². The van der Waals surface area contributed by atoms with E-state index in [1.54, 1.807) is 22.7 Å². The summed E-state index contributed by atoms with van der Waals surface area (Å²) in [6.07, 6.45) is 0.318. The van der Waals surface area contributed by atoms with Gasteiger partial charge in [0.25, 0.3) is 0 Å². The van der Waals surface area contributed by atoms with Crippen molar-refractivity contribution in [2.24, 2.45) is 5.41 Å². The van der Waals surface area contributed by atoms with E-state index < -0.39 is 5.41 Å². The highest BCUT2D eigenvalue weighted by molar-refractivity contribution is 7.10. The summed E-state index contributed by atoms with van der Waals surface area (Å²) in [6, 6.07) is 8.08. The number of carbonyl (C=O) groups excluding carboxylic acids is 2. The quantitative estimate of drug-likeness (QED) is 0.810. The fraction of sp³-hybridized carbons (Fsp3) is 0.444. The van der Waals surface area contributed by atoms with Gasteiger partial charge in [0, 0.05) is 28.1 Å². The van der Waals surface area contributed by atoms with Crippen LogP contribution in [0.15, 0.2) is 35.0 Å². The van der Waals surface area contributed by atoms with Gasteiger partial charge in [0.15, 0.2) is 0 Å². The third kappa shape index (κ3) is 5.76. The Kier molecular flexibility index (Phi) is 6.57. The highest BCUT2D eigenvalue weighted by atomic mass is 32.1. The molecule has 0 bridgehead atoms. The molecule has 0 saturated heterocycles. The first-order valence-corrected chi connectivity index (χ1v) is 9.73. The van der Waals surface area contributed by atoms with Crippen LogP contribution in [-0.4, -0.2) is 23.3 Å². The maximum atomic E-state index is 12.6. The summed E-state index contributed by atoms with van der Waals surface area (Å²) in [5, 5.41) is 6.89. The summed E-state index contributed by atoms with van der Waals surface area (Å²) < 4.78 is 0.